The average Bonchev–Trinajstić information content (AvgIpc) is 2.86. The van der Waals surface area contributed by atoms with Crippen LogP contribution in [0.15, 0.2) is 30.3 Å². The number of benzene rings is 1. The van der Waals surface area contributed by atoms with Gasteiger partial charge in [-0.2, -0.15) is 13.2 Å². The second kappa shape index (κ2) is 7.11. The zero-order chi connectivity index (χ0) is 17.9. The van der Waals surface area contributed by atoms with Gasteiger partial charge in [0.15, 0.2) is 0 Å². The van der Waals surface area contributed by atoms with Gasteiger partial charge in [-0.05, 0) is 18.6 Å². The molecule has 24 heavy (non-hydrogen) atoms. The lowest BCUT2D eigenvalue weighted by Gasteiger charge is -2.27. The topological polar surface area (TPSA) is 43.9 Å². The Morgan fingerprint density at radius 3 is 2.46 bits per heavy atom. The molecule has 1 saturated heterocycles. The van der Waals surface area contributed by atoms with Gasteiger partial charge in [0.25, 0.3) is 0 Å². The Morgan fingerprint density at radius 2 is 1.88 bits per heavy atom. The Bertz CT molecular complexity index is 592. The van der Waals surface area contributed by atoms with E-state index in [4.69, 9.17) is 0 Å². The first-order valence-electron chi connectivity index (χ1n) is 7.56. The van der Waals surface area contributed by atoms with Crippen LogP contribution in [0.4, 0.5) is 18.9 Å². The predicted octanol–water partition coefficient (Wildman–Crippen LogP) is 1.74. The van der Waals surface area contributed by atoms with E-state index in [1.807, 2.05) is 30.3 Å². The highest BCUT2D eigenvalue weighted by Gasteiger charge is 2.41. The van der Waals surface area contributed by atoms with E-state index in [2.05, 4.69) is 0 Å². The number of likely N-dealkylation sites (tertiary alicyclic amines) is 1. The number of anilines is 1. The van der Waals surface area contributed by atoms with Crippen LogP contribution in [0.25, 0.3) is 0 Å². The molecule has 1 atom stereocenters. The molecule has 0 spiro atoms. The molecule has 0 radical (unpaired) electrons. The second-order valence-corrected chi connectivity index (χ2v) is 5.88. The molecule has 0 bridgehead atoms. The molecule has 1 aromatic carbocycles. The molecular weight excluding hydrogens is 323 g/mol. The number of alkyl halides is 3. The van der Waals surface area contributed by atoms with Crippen LogP contribution in [-0.2, 0) is 9.59 Å². The number of likely N-dealkylation sites (N-methyl/N-ethyl adjacent to an activating group) is 2. The van der Waals surface area contributed by atoms with E-state index >= 15 is 0 Å². The standard InChI is InChI=1S/C16H20F3N3O2/c1-20(12-6-4-3-5-7-12)10-14(23)21(2)13-8-9-22(15(13)24)11-16(17,18)19/h3-7,13H,8-11H2,1-2H3/t13-/m0/s1. The molecule has 1 aliphatic rings. The summed E-state index contributed by atoms with van der Waals surface area (Å²) in [5.41, 5.74) is 0.843. The van der Waals surface area contributed by atoms with Crippen molar-refractivity contribution in [3.05, 3.63) is 30.3 Å². The summed E-state index contributed by atoms with van der Waals surface area (Å²) in [5.74, 6) is -0.959. The van der Waals surface area contributed by atoms with E-state index in [0.29, 0.717) is 0 Å². The highest BCUT2D eigenvalue weighted by Crippen LogP contribution is 2.23. The lowest BCUT2D eigenvalue weighted by atomic mass is 10.2. The first-order valence-corrected chi connectivity index (χ1v) is 7.56. The largest absolute Gasteiger partial charge is 0.406 e. The van der Waals surface area contributed by atoms with E-state index in [9.17, 15) is 22.8 Å². The first kappa shape index (κ1) is 18.1. The molecule has 0 aromatic heterocycles. The van der Waals surface area contributed by atoms with Crippen molar-refractivity contribution in [1.82, 2.24) is 9.80 Å². The Labute approximate surface area is 138 Å². The monoisotopic (exact) mass is 343 g/mol. The third kappa shape index (κ3) is 4.39. The number of halogens is 3. The maximum Gasteiger partial charge on any atom is 0.406 e. The maximum absolute atomic E-state index is 12.4. The highest BCUT2D eigenvalue weighted by atomic mass is 19.4. The average molecular weight is 343 g/mol. The van der Waals surface area contributed by atoms with Crippen molar-refractivity contribution in [3.63, 3.8) is 0 Å². The summed E-state index contributed by atoms with van der Waals surface area (Å²) in [7, 11) is 3.20. The summed E-state index contributed by atoms with van der Waals surface area (Å²) in [6.07, 6.45) is -4.22. The molecule has 2 amide bonds. The normalized spacial score (nSPS) is 18.0. The number of carbonyl (C=O) groups excluding carboxylic acids is 2. The molecule has 8 heteroatoms. The highest BCUT2D eigenvalue weighted by molar-refractivity contribution is 5.90. The molecule has 132 valence electrons. The quantitative estimate of drug-likeness (QED) is 0.818. The number of hydrogen-bond donors (Lipinski definition) is 0. The molecule has 0 saturated carbocycles. The summed E-state index contributed by atoms with van der Waals surface area (Å²) >= 11 is 0. The Morgan fingerprint density at radius 1 is 1.25 bits per heavy atom. The van der Waals surface area contributed by atoms with Crippen LogP contribution >= 0.6 is 0 Å². The van der Waals surface area contributed by atoms with Crippen molar-refractivity contribution in [1.29, 1.82) is 0 Å². The van der Waals surface area contributed by atoms with E-state index < -0.39 is 24.7 Å². The number of nitrogens with zero attached hydrogens (tertiary/aromatic N) is 3. The fourth-order valence-electron chi connectivity index (χ4n) is 2.72. The van der Waals surface area contributed by atoms with Crippen molar-refractivity contribution in [2.45, 2.75) is 18.6 Å². The van der Waals surface area contributed by atoms with Gasteiger partial charge in [0.2, 0.25) is 11.8 Å². The number of hydrogen-bond acceptors (Lipinski definition) is 3. The van der Waals surface area contributed by atoms with Crippen molar-refractivity contribution in [3.8, 4) is 0 Å². The number of rotatable bonds is 5. The Kier molecular flexibility index (Phi) is 5.36. The lowest BCUT2D eigenvalue weighted by Crippen LogP contribution is -2.47. The van der Waals surface area contributed by atoms with Crippen LogP contribution in [-0.4, -0.2) is 67.6 Å². The van der Waals surface area contributed by atoms with Gasteiger partial charge in [-0.25, -0.2) is 0 Å². The van der Waals surface area contributed by atoms with Gasteiger partial charge >= 0.3 is 6.18 Å². The number of amides is 2. The van der Waals surface area contributed by atoms with Crippen LogP contribution in [0.2, 0.25) is 0 Å². The van der Waals surface area contributed by atoms with E-state index in [0.717, 1.165) is 10.6 Å². The second-order valence-electron chi connectivity index (χ2n) is 5.88. The molecule has 0 aliphatic carbocycles. The SMILES string of the molecule is CN(CC(=O)N(C)[C@H]1CCN(CC(F)(F)F)C1=O)c1ccccc1. The van der Waals surface area contributed by atoms with Crippen molar-refractivity contribution >= 4 is 17.5 Å². The molecule has 1 heterocycles. The van der Waals surface area contributed by atoms with Crippen LogP contribution in [0.1, 0.15) is 6.42 Å². The minimum absolute atomic E-state index is 0.00908. The van der Waals surface area contributed by atoms with Crippen LogP contribution in [0.3, 0.4) is 0 Å². The van der Waals surface area contributed by atoms with Crippen LogP contribution in [0, 0.1) is 0 Å². The van der Waals surface area contributed by atoms with Gasteiger partial charge in [-0.1, -0.05) is 18.2 Å². The maximum atomic E-state index is 12.4. The van der Waals surface area contributed by atoms with E-state index in [1.54, 1.807) is 11.9 Å². The third-order valence-electron chi connectivity index (χ3n) is 4.07. The van der Waals surface area contributed by atoms with Gasteiger partial charge in [0.05, 0.1) is 6.54 Å². The first-order chi connectivity index (χ1) is 11.2. The predicted molar refractivity (Wildman–Crippen MR) is 83.5 cm³/mol. The minimum atomic E-state index is -4.43. The molecule has 0 unspecified atom stereocenters. The van der Waals surface area contributed by atoms with Crippen molar-refractivity contribution < 1.29 is 22.8 Å². The van der Waals surface area contributed by atoms with Gasteiger partial charge < -0.3 is 14.7 Å². The van der Waals surface area contributed by atoms with Gasteiger partial charge in [0, 0.05) is 26.3 Å². The molecular formula is C16H20F3N3O2. The van der Waals surface area contributed by atoms with E-state index in [-0.39, 0.29) is 25.4 Å². The van der Waals surface area contributed by atoms with Gasteiger partial charge in [0.1, 0.15) is 12.6 Å². The fourth-order valence-corrected chi connectivity index (χ4v) is 2.72. The van der Waals surface area contributed by atoms with E-state index in [1.165, 1.54) is 11.9 Å². The molecule has 2 rings (SSSR count). The molecule has 5 nitrogen and oxygen atoms in total. The lowest BCUT2D eigenvalue weighted by molar-refractivity contribution is -0.159. The third-order valence-corrected chi connectivity index (χ3v) is 4.07. The minimum Gasteiger partial charge on any atom is -0.365 e. The molecule has 1 fully saturated rings. The molecule has 1 aromatic rings. The summed E-state index contributed by atoms with van der Waals surface area (Å²) in [6.45, 7) is -1.22. The number of carbonyl (C=O) groups is 2. The smallest absolute Gasteiger partial charge is 0.365 e. The zero-order valence-corrected chi connectivity index (χ0v) is 13.6. The Hall–Kier alpha value is -2.25. The van der Waals surface area contributed by atoms with Gasteiger partial charge in [-0.15, -0.1) is 0 Å². The van der Waals surface area contributed by atoms with Gasteiger partial charge in [-0.3, -0.25) is 9.59 Å². The van der Waals surface area contributed by atoms with Crippen molar-refractivity contribution in [2.75, 3.05) is 38.6 Å². The zero-order valence-electron chi connectivity index (χ0n) is 13.6. The molecule has 0 N–H and O–H groups in total. The van der Waals surface area contributed by atoms with Crippen LogP contribution in [0.5, 0.6) is 0 Å². The summed E-state index contributed by atoms with van der Waals surface area (Å²) < 4.78 is 37.3. The number of para-hydroxylation sites is 1. The van der Waals surface area contributed by atoms with Crippen molar-refractivity contribution in [2.24, 2.45) is 0 Å². The Balaban J connectivity index is 1.95. The summed E-state index contributed by atoms with van der Waals surface area (Å²) in [5, 5.41) is 0. The van der Waals surface area contributed by atoms with Crippen LogP contribution < -0.4 is 4.90 Å². The summed E-state index contributed by atoms with van der Waals surface area (Å²) in [6, 6.07) is 8.41. The fraction of sp³-hybridized carbons (Fsp3) is 0.500. The summed E-state index contributed by atoms with van der Waals surface area (Å²) in [4.78, 5) is 28.2. The molecule has 1 aliphatic heterocycles.